The molecule has 1 saturated heterocycles. The summed E-state index contributed by atoms with van der Waals surface area (Å²) >= 11 is 6.05. The highest BCUT2D eigenvalue weighted by Gasteiger charge is 2.32. The summed E-state index contributed by atoms with van der Waals surface area (Å²) in [7, 11) is 1.55. The zero-order valence-electron chi connectivity index (χ0n) is 14.1. The number of carboxylic acids is 1. The number of nitrogens with zero attached hydrogens (tertiary/aromatic N) is 1. The second kappa shape index (κ2) is 7.66. The van der Waals surface area contributed by atoms with Gasteiger partial charge in [0.05, 0.1) is 25.0 Å². The second-order valence-electron chi connectivity index (χ2n) is 6.03. The first-order chi connectivity index (χ1) is 12.5. The van der Waals surface area contributed by atoms with Gasteiger partial charge in [-0.25, -0.2) is 4.79 Å². The Hall–Kier alpha value is -2.73. The molecule has 0 aliphatic carbocycles. The highest BCUT2D eigenvalue weighted by Crippen LogP contribution is 2.35. The molecule has 2 aromatic rings. The van der Waals surface area contributed by atoms with Gasteiger partial charge in [-0.05, 0) is 42.5 Å². The van der Waals surface area contributed by atoms with Crippen LogP contribution in [0.4, 0.5) is 5.69 Å². The zero-order valence-corrected chi connectivity index (χ0v) is 14.9. The first-order valence-corrected chi connectivity index (χ1v) is 8.46. The van der Waals surface area contributed by atoms with E-state index in [0.717, 1.165) is 0 Å². The van der Waals surface area contributed by atoms with Crippen LogP contribution in [0.3, 0.4) is 0 Å². The molecule has 136 valence electrons. The Balaban J connectivity index is 1.65. The fraction of sp³-hybridized carbons (Fsp3) is 0.263. The number of carboxylic acid groups (broad SMARTS) is 1. The van der Waals surface area contributed by atoms with Crippen LogP contribution < -0.4 is 14.4 Å². The van der Waals surface area contributed by atoms with Gasteiger partial charge in [0.2, 0.25) is 5.91 Å². The van der Waals surface area contributed by atoms with Crippen LogP contribution >= 0.6 is 11.6 Å². The van der Waals surface area contributed by atoms with Crippen LogP contribution in [0.25, 0.3) is 0 Å². The summed E-state index contributed by atoms with van der Waals surface area (Å²) in [4.78, 5) is 24.9. The number of hydrogen-bond acceptors (Lipinski definition) is 4. The van der Waals surface area contributed by atoms with Crippen LogP contribution in [0, 0.1) is 5.92 Å². The molecule has 0 aromatic heterocycles. The van der Waals surface area contributed by atoms with Crippen LogP contribution in [0.5, 0.6) is 11.5 Å². The molecule has 1 amide bonds. The van der Waals surface area contributed by atoms with Crippen LogP contribution in [0.15, 0.2) is 42.5 Å². The number of methoxy groups -OCH3 is 1. The summed E-state index contributed by atoms with van der Waals surface area (Å²) in [5, 5.41) is 9.44. The van der Waals surface area contributed by atoms with E-state index in [1.807, 2.05) is 0 Å². The third kappa shape index (κ3) is 3.91. The Bertz CT molecular complexity index is 821. The van der Waals surface area contributed by atoms with Gasteiger partial charge in [-0.3, -0.25) is 4.79 Å². The molecule has 1 atom stereocenters. The van der Waals surface area contributed by atoms with Crippen molar-refractivity contribution in [3.05, 3.63) is 53.1 Å². The third-order valence-electron chi connectivity index (χ3n) is 4.22. The second-order valence-corrected chi connectivity index (χ2v) is 6.47. The molecule has 1 heterocycles. The first kappa shape index (κ1) is 18.1. The van der Waals surface area contributed by atoms with Crippen LogP contribution in [0.1, 0.15) is 16.8 Å². The molecule has 6 nitrogen and oxygen atoms in total. The summed E-state index contributed by atoms with van der Waals surface area (Å²) in [6, 6.07) is 11.4. The van der Waals surface area contributed by atoms with Crippen LogP contribution in [-0.2, 0) is 4.79 Å². The Morgan fingerprint density at radius 1 is 1.27 bits per heavy atom. The van der Waals surface area contributed by atoms with Crippen molar-refractivity contribution in [1.29, 1.82) is 0 Å². The summed E-state index contributed by atoms with van der Waals surface area (Å²) in [6.45, 7) is 0.861. The van der Waals surface area contributed by atoms with E-state index in [2.05, 4.69) is 0 Å². The van der Waals surface area contributed by atoms with E-state index >= 15 is 0 Å². The van der Waals surface area contributed by atoms with Crippen molar-refractivity contribution in [2.24, 2.45) is 5.92 Å². The number of benzene rings is 2. The molecule has 1 unspecified atom stereocenters. The van der Waals surface area contributed by atoms with Crippen molar-refractivity contribution in [3.63, 3.8) is 0 Å². The molecular formula is C19H18ClNO5. The lowest BCUT2D eigenvalue weighted by Gasteiger charge is -2.20. The molecule has 1 fully saturated rings. The number of rotatable bonds is 6. The molecule has 26 heavy (non-hydrogen) atoms. The molecule has 3 rings (SSSR count). The predicted octanol–water partition coefficient (Wildman–Crippen LogP) is 3.48. The van der Waals surface area contributed by atoms with E-state index < -0.39 is 5.97 Å². The molecular weight excluding hydrogens is 358 g/mol. The Labute approximate surface area is 155 Å². The van der Waals surface area contributed by atoms with E-state index in [1.54, 1.807) is 42.3 Å². The van der Waals surface area contributed by atoms with Crippen molar-refractivity contribution < 1.29 is 24.2 Å². The number of ether oxygens (including phenoxy) is 2. The molecule has 0 radical (unpaired) electrons. The Morgan fingerprint density at radius 2 is 2.00 bits per heavy atom. The van der Waals surface area contributed by atoms with Crippen molar-refractivity contribution in [2.45, 2.75) is 6.42 Å². The van der Waals surface area contributed by atoms with Gasteiger partial charge >= 0.3 is 5.97 Å². The van der Waals surface area contributed by atoms with Gasteiger partial charge in [-0.2, -0.15) is 0 Å². The number of hydrogen-bond donors (Lipinski definition) is 1. The molecule has 1 N–H and O–H groups in total. The molecule has 0 spiro atoms. The van der Waals surface area contributed by atoms with Gasteiger partial charge in [-0.15, -0.1) is 0 Å². The molecule has 1 aliphatic heterocycles. The van der Waals surface area contributed by atoms with Crippen molar-refractivity contribution in [3.8, 4) is 11.5 Å². The van der Waals surface area contributed by atoms with Crippen molar-refractivity contribution in [2.75, 3.05) is 25.2 Å². The smallest absolute Gasteiger partial charge is 0.335 e. The van der Waals surface area contributed by atoms with Crippen molar-refractivity contribution >= 4 is 29.2 Å². The minimum atomic E-state index is -0.982. The van der Waals surface area contributed by atoms with E-state index in [4.69, 9.17) is 26.2 Å². The zero-order chi connectivity index (χ0) is 18.7. The average molecular weight is 376 g/mol. The summed E-state index contributed by atoms with van der Waals surface area (Å²) in [5.74, 6) is 0.185. The third-order valence-corrected chi connectivity index (χ3v) is 4.46. The number of aromatic carboxylic acids is 1. The topological polar surface area (TPSA) is 76.1 Å². The normalized spacial score (nSPS) is 16.6. The number of halogens is 1. The van der Waals surface area contributed by atoms with Gasteiger partial charge in [0, 0.05) is 23.9 Å². The maximum Gasteiger partial charge on any atom is 0.335 e. The van der Waals surface area contributed by atoms with Gasteiger partial charge < -0.3 is 19.5 Å². The van der Waals surface area contributed by atoms with E-state index in [1.165, 1.54) is 12.1 Å². The molecule has 2 aromatic carbocycles. The van der Waals surface area contributed by atoms with Crippen molar-refractivity contribution in [1.82, 2.24) is 0 Å². The first-order valence-electron chi connectivity index (χ1n) is 8.08. The van der Waals surface area contributed by atoms with E-state index in [9.17, 15) is 9.59 Å². The summed E-state index contributed by atoms with van der Waals surface area (Å²) < 4.78 is 11.0. The lowest BCUT2D eigenvalue weighted by molar-refractivity contribution is -0.117. The number of amides is 1. The number of anilines is 1. The maximum atomic E-state index is 12.4. The molecule has 0 saturated carbocycles. The Morgan fingerprint density at radius 3 is 2.65 bits per heavy atom. The lowest BCUT2D eigenvalue weighted by Crippen LogP contribution is -2.25. The SMILES string of the molecule is COc1ccc(Cl)cc1N1CC(COc2ccc(C(=O)O)cc2)CC1=O. The van der Waals surface area contributed by atoms with Gasteiger partial charge in [0.1, 0.15) is 11.5 Å². The molecule has 0 bridgehead atoms. The minimum Gasteiger partial charge on any atom is -0.495 e. The largest absolute Gasteiger partial charge is 0.495 e. The van der Waals surface area contributed by atoms with Gasteiger partial charge in [0.15, 0.2) is 0 Å². The lowest BCUT2D eigenvalue weighted by atomic mass is 10.1. The summed E-state index contributed by atoms with van der Waals surface area (Å²) in [6.07, 6.45) is 0.364. The molecule has 7 heteroatoms. The Kier molecular flexibility index (Phi) is 5.32. The fourth-order valence-corrected chi connectivity index (χ4v) is 3.07. The standard InChI is InChI=1S/C19H18ClNO5/c1-25-17-7-4-14(20)9-16(17)21-10-12(8-18(21)22)11-26-15-5-2-13(3-6-15)19(23)24/h2-7,9,12H,8,10-11H2,1H3,(H,23,24). The van der Waals surface area contributed by atoms with Crippen LogP contribution in [0.2, 0.25) is 5.02 Å². The monoisotopic (exact) mass is 375 g/mol. The van der Waals surface area contributed by atoms with Crippen LogP contribution in [-0.4, -0.2) is 37.2 Å². The molecule has 1 aliphatic rings. The average Bonchev–Trinajstić information content (AvgIpc) is 3.01. The maximum absolute atomic E-state index is 12.4. The van der Waals surface area contributed by atoms with E-state index in [-0.39, 0.29) is 17.4 Å². The quantitative estimate of drug-likeness (QED) is 0.836. The highest BCUT2D eigenvalue weighted by molar-refractivity contribution is 6.31. The van der Waals surface area contributed by atoms with Gasteiger partial charge in [-0.1, -0.05) is 11.6 Å². The number of carbonyl (C=O) groups excluding carboxylic acids is 1. The highest BCUT2D eigenvalue weighted by atomic mass is 35.5. The van der Waals surface area contributed by atoms with Gasteiger partial charge in [0.25, 0.3) is 0 Å². The summed E-state index contributed by atoms with van der Waals surface area (Å²) in [5.41, 5.74) is 0.853. The minimum absolute atomic E-state index is 0.0135. The predicted molar refractivity (Wildman–Crippen MR) is 97.4 cm³/mol. The number of carbonyl (C=O) groups is 2. The van der Waals surface area contributed by atoms with E-state index in [0.29, 0.717) is 41.8 Å². The fourth-order valence-electron chi connectivity index (χ4n) is 2.91.